The quantitative estimate of drug-likeness (QED) is 0.489. The van der Waals surface area contributed by atoms with Crippen molar-refractivity contribution in [1.29, 1.82) is 0 Å². The minimum atomic E-state index is -2.19. The van der Waals surface area contributed by atoms with Gasteiger partial charge in [0.1, 0.15) is 0 Å². The first-order valence-electron chi connectivity index (χ1n) is 5.60. The molecule has 0 aromatic heterocycles. The van der Waals surface area contributed by atoms with E-state index in [9.17, 15) is 4.79 Å². The van der Waals surface area contributed by atoms with Gasteiger partial charge in [0.25, 0.3) is 0 Å². The van der Waals surface area contributed by atoms with Crippen molar-refractivity contribution < 1.29 is 18.8 Å². The van der Waals surface area contributed by atoms with Gasteiger partial charge in [-0.3, -0.25) is 0 Å². The van der Waals surface area contributed by atoms with E-state index < -0.39 is 6.83 Å². The fraction of sp³-hybridized carbons (Fsp3) is 0.909. The van der Waals surface area contributed by atoms with Crippen molar-refractivity contribution in [3.63, 3.8) is 0 Å². The monoisotopic (exact) mass is 252 g/mol. The van der Waals surface area contributed by atoms with Crippen molar-refractivity contribution in [2.75, 3.05) is 53.1 Å². The first-order chi connectivity index (χ1) is 7.21. The van der Waals surface area contributed by atoms with Gasteiger partial charge in [0.15, 0.2) is 0 Å². The van der Waals surface area contributed by atoms with E-state index in [0.717, 1.165) is 0 Å². The van der Waals surface area contributed by atoms with Gasteiger partial charge in [-0.25, -0.2) is 0 Å². The maximum absolute atomic E-state index is 11.5. The second-order valence-corrected chi connectivity index (χ2v) is 12.4. The molecule has 5 heteroatoms. The molecule has 0 saturated carbocycles. The molecule has 0 unspecified atom stereocenters. The standard InChI is InChI=1S/C11H25O4P/c1-6-13-9-10-14-8-7-11(12)15-16(2,3,4)5/h6-10H2,1-5H3. The van der Waals surface area contributed by atoms with E-state index in [-0.39, 0.29) is 5.97 Å². The zero-order chi connectivity index (χ0) is 12.7. The Kier molecular flexibility index (Phi) is 6.46. The van der Waals surface area contributed by atoms with E-state index in [0.29, 0.717) is 32.8 Å². The molecule has 0 amide bonds. The Hall–Kier alpha value is -0.180. The van der Waals surface area contributed by atoms with E-state index >= 15 is 0 Å². The van der Waals surface area contributed by atoms with Crippen LogP contribution >= 0.6 is 6.83 Å². The van der Waals surface area contributed by atoms with Crippen LogP contribution in [0.5, 0.6) is 0 Å². The molecule has 0 fully saturated rings. The Labute approximate surface area is 98.6 Å². The van der Waals surface area contributed by atoms with Crippen molar-refractivity contribution in [3.8, 4) is 0 Å². The number of hydrogen-bond donors (Lipinski definition) is 0. The van der Waals surface area contributed by atoms with E-state index in [2.05, 4.69) is 0 Å². The van der Waals surface area contributed by atoms with Crippen LogP contribution in [-0.2, 0) is 18.8 Å². The molecule has 0 radical (unpaired) electrons. The summed E-state index contributed by atoms with van der Waals surface area (Å²) in [6, 6.07) is 0. The van der Waals surface area contributed by atoms with Crippen LogP contribution in [0.4, 0.5) is 0 Å². The van der Waals surface area contributed by atoms with Gasteiger partial charge < -0.3 is 0 Å². The zero-order valence-corrected chi connectivity index (χ0v) is 12.0. The molecule has 0 aliphatic carbocycles. The average molecular weight is 252 g/mol. The second kappa shape index (κ2) is 6.53. The summed E-state index contributed by atoms with van der Waals surface area (Å²) in [6.45, 7) is 9.94. The SMILES string of the molecule is CCOCCOCCC(=O)OP(C)(C)(C)C. The van der Waals surface area contributed by atoms with Crippen LogP contribution in [0, 0.1) is 0 Å². The van der Waals surface area contributed by atoms with Crippen molar-refractivity contribution in [1.82, 2.24) is 0 Å². The summed E-state index contributed by atoms with van der Waals surface area (Å²) in [7, 11) is 0. The molecule has 4 nitrogen and oxygen atoms in total. The minimum absolute atomic E-state index is 0.177. The summed E-state index contributed by atoms with van der Waals surface area (Å²) >= 11 is 0. The topological polar surface area (TPSA) is 44.8 Å². The van der Waals surface area contributed by atoms with Crippen LogP contribution < -0.4 is 0 Å². The first-order valence-corrected chi connectivity index (χ1v) is 9.54. The molecule has 0 bridgehead atoms. The molecular formula is C11H25O4P. The molecule has 16 heavy (non-hydrogen) atoms. The van der Waals surface area contributed by atoms with Crippen molar-refractivity contribution >= 4 is 12.8 Å². The third kappa shape index (κ3) is 11.9. The Morgan fingerprint density at radius 2 is 1.56 bits per heavy atom. The molecule has 0 aromatic carbocycles. The molecule has 98 valence electrons. The fourth-order valence-corrected chi connectivity index (χ4v) is 1.88. The molecule has 0 saturated heterocycles. The number of hydrogen-bond acceptors (Lipinski definition) is 4. The molecule has 0 heterocycles. The first kappa shape index (κ1) is 15.8. The zero-order valence-electron chi connectivity index (χ0n) is 11.1. The van der Waals surface area contributed by atoms with Gasteiger partial charge >= 0.3 is 98.0 Å². The van der Waals surface area contributed by atoms with Crippen LogP contribution in [0.3, 0.4) is 0 Å². The fourth-order valence-electron chi connectivity index (χ4n) is 0.973. The predicted molar refractivity (Wildman–Crippen MR) is 68.6 cm³/mol. The molecule has 0 atom stereocenters. The molecular weight excluding hydrogens is 227 g/mol. The van der Waals surface area contributed by atoms with Gasteiger partial charge in [0, 0.05) is 0 Å². The normalized spacial score (nSPS) is 14.2. The molecule has 0 aliphatic rings. The third-order valence-electron chi connectivity index (χ3n) is 1.49. The maximum atomic E-state index is 11.5. The molecule has 0 rings (SSSR count). The van der Waals surface area contributed by atoms with Gasteiger partial charge in [-0.15, -0.1) is 0 Å². The van der Waals surface area contributed by atoms with Crippen molar-refractivity contribution in [2.24, 2.45) is 0 Å². The van der Waals surface area contributed by atoms with Gasteiger partial charge in [-0.05, 0) is 0 Å². The van der Waals surface area contributed by atoms with E-state index in [1.54, 1.807) is 0 Å². The predicted octanol–water partition coefficient (Wildman–Crippen LogP) is 1.96. The Balaban J connectivity index is 3.53. The van der Waals surface area contributed by atoms with E-state index in [1.165, 1.54) is 0 Å². The van der Waals surface area contributed by atoms with Crippen molar-refractivity contribution in [3.05, 3.63) is 0 Å². The Morgan fingerprint density at radius 3 is 2.06 bits per heavy atom. The second-order valence-electron chi connectivity index (χ2n) is 5.44. The van der Waals surface area contributed by atoms with Gasteiger partial charge in [0.2, 0.25) is 0 Å². The molecule has 0 spiro atoms. The molecule has 0 aliphatic heterocycles. The summed E-state index contributed by atoms with van der Waals surface area (Å²) in [5.74, 6) is -0.177. The summed E-state index contributed by atoms with van der Waals surface area (Å²) in [4.78, 5) is 11.5. The van der Waals surface area contributed by atoms with Crippen LogP contribution in [-0.4, -0.2) is 59.1 Å². The van der Waals surface area contributed by atoms with E-state index in [1.807, 2.05) is 33.6 Å². The van der Waals surface area contributed by atoms with Crippen molar-refractivity contribution in [2.45, 2.75) is 13.3 Å². The summed E-state index contributed by atoms with van der Waals surface area (Å²) in [6.07, 6.45) is 0.313. The number of ether oxygens (including phenoxy) is 2. The molecule has 0 aromatic rings. The number of carbonyl (C=O) groups is 1. The van der Waals surface area contributed by atoms with Gasteiger partial charge in [0.05, 0.1) is 0 Å². The van der Waals surface area contributed by atoms with Crippen LogP contribution in [0.25, 0.3) is 0 Å². The van der Waals surface area contributed by atoms with Crippen LogP contribution in [0.15, 0.2) is 0 Å². The van der Waals surface area contributed by atoms with Crippen LogP contribution in [0.1, 0.15) is 13.3 Å². The van der Waals surface area contributed by atoms with Gasteiger partial charge in [-0.1, -0.05) is 0 Å². The number of rotatable bonds is 8. The Morgan fingerprint density at radius 1 is 1.00 bits per heavy atom. The Bertz CT molecular complexity index is 211. The summed E-state index contributed by atoms with van der Waals surface area (Å²) in [5, 5.41) is 0. The number of carbonyl (C=O) groups excluding carboxylic acids is 1. The van der Waals surface area contributed by atoms with E-state index in [4.69, 9.17) is 14.0 Å². The molecule has 0 N–H and O–H groups in total. The third-order valence-corrected chi connectivity index (χ3v) is 2.43. The average Bonchev–Trinajstić information content (AvgIpc) is 2.06. The summed E-state index contributed by atoms with van der Waals surface area (Å²) < 4.78 is 15.8. The summed E-state index contributed by atoms with van der Waals surface area (Å²) in [5.41, 5.74) is 0. The van der Waals surface area contributed by atoms with Gasteiger partial charge in [-0.2, -0.15) is 0 Å². The van der Waals surface area contributed by atoms with Crippen LogP contribution in [0.2, 0.25) is 0 Å².